The molecule has 0 aliphatic carbocycles. The van der Waals surface area contributed by atoms with Gasteiger partial charge in [0, 0.05) is 25.5 Å². The van der Waals surface area contributed by atoms with Crippen LogP contribution in [-0.4, -0.2) is 39.8 Å². The number of hydrogen-bond donors (Lipinski definition) is 1. The van der Waals surface area contributed by atoms with Gasteiger partial charge in [0.2, 0.25) is 5.91 Å². The fourth-order valence-corrected chi connectivity index (χ4v) is 2.68. The van der Waals surface area contributed by atoms with Crippen molar-refractivity contribution in [2.75, 3.05) is 13.1 Å². The molecule has 7 nitrogen and oxygen atoms in total. The number of rotatable bonds is 4. The number of carbonyl (C=O) groups is 2. The molecule has 2 aromatic heterocycles. The highest BCUT2D eigenvalue weighted by atomic mass is 16.3. The largest absolute Gasteiger partial charge is 0.467 e. The van der Waals surface area contributed by atoms with Crippen molar-refractivity contribution in [2.45, 2.75) is 19.4 Å². The van der Waals surface area contributed by atoms with Gasteiger partial charge in [-0.25, -0.2) is 4.98 Å². The highest BCUT2D eigenvalue weighted by Crippen LogP contribution is 2.18. The molecule has 1 unspecified atom stereocenters. The van der Waals surface area contributed by atoms with Crippen molar-refractivity contribution in [1.82, 2.24) is 20.2 Å². The maximum Gasteiger partial charge on any atom is 0.274 e. The van der Waals surface area contributed by atoms with Gasteiger partial charge in [-0.05, 0) is 25.0 Å². The minimum atomic E-state index is -0.209. The Bertz CT molecular complexity index is 657. The molecule has 0 radical (unpaired) electrons. The van der Waals surface area contributed by atoms with Crippen LogP contribution in [0.2, 0.25) is 0 Å². The van der Waals surface area contributed by atoms with Crippen molar-refractivity contribution < 1.29 is 14.0 Å². The average Bonchev–Trinajstić information content (AvgIpc) is 3.13. The van der Waals surface area contributed by atoms with Crippen LogP contribution in [0.4, 0.5) is 0 Å². The summed E-state index contributed by atoms with van der Waals surface area (Å²) in [5.74, 6) is 0.265. The summed E-state index contributed by atoms with van der Waals surface area (Å²) < 4.78 is 5.19. The summed E-state index contributed by atoms with van der Waals surface area (Å²) in [6.45, 7) is 1.40. The molecule has 1 aliphatic rings. The molecule has 1 aliphatic heterocycles. The molecule has 1 saturated heterocycles. The first-order valence-corrected chi connectivity index (χ1v) is 7.59. The summed E-state index contributed by atoms with van der Waals surface area (Å²) in [6, 6.07) is 3.59. The lowest BCUT2D eigenvalue weighted by Gasteiger charge is -2.31. The Morgan fingerprint density at radius 1 is 1.39 bits per heavy atom. The molecule has 2 amide bonds. The predicted octanol–water partition coefficient (Wildman–Crippen LogP) is 1.24. The number of furan rings is 1. The zero-order valence-electron chi connectivity index (χ0n) is 12.6. The minimum Gasteiger partial charge on any atom is -0.467 e. The predicted molar refractivity (Wildman–Crippen MR) is 81.2 cm³/mol. The standard InChI is InChI=1S/C16H18N4O3/c21-15(19-9-13-4-2-8-23-13)12-3-1-7-20(11-12)16(22)14-10-17-5-6-18-14/h2,4-6,8,10,12H,1,3,7,9,11H2,(H,19,21). The van der Waals surface area contributed by atoms with Crippen molar-refractivity contribution in [1.29, 1.82) is 0 Å². The number of likely N-dealkylation sites (tertiary alicyclic amines) is 1. The van der Waals surface area contributed by atoms with Gasteiger partial charge in [-0.1, -0.05) is 0 Å². The third kappa shape index (κ3) is 3.74. The lowest BCUT2D eigenvalue weighted by atomic mass is 9.97. The number of hydrogen-bond acceptors (Lipinski definition) is 5. The molecule has 0 aromatic carbocycles. The first-order chi connectivity index (χ1) is 11.2. The first-order valence-electron chi connectivity index (χ1n) is 7.59. The van der Waals surface area contributed by atoms with Crippen molar-refractivity contribution in [2.24, 2.45) is 5.92 Å². The molecular formula is C16H18N4O3. The van der Waals surface area contributed by atoms with Crippen LogP contribution in [0.15, 0.2) is 41.4 Å². The van der Waals surface area contributed by atoms with E-state index >= 15 is 0 Å². The summed E-state index contributed by atoms with van der Waals surface area (Å²) in [6.07, 6.45) is 7.61. The number of carbonyl (C=O) groups excluding carboxylic acids is 2. The maximum atomic E-state index is 12.4. The molecule has 120 valence electrons. The SMILES string of the molecule is O=C(NCc1ccco1)C1CCCN(C(=O)c2cnccn2)C1. The second-order valence-electron chi connectivity index (χ2n) is 5.48. The smallest absolute Gasteiger partial charge is 0.274 e. The van der Waals surface area contributed by atoms with Gasteiger partial charge < -0.3 is 14.6 Å². The molecule has 0 spiro atoms. The van der Waals surface area contributed by atoms with E-state index in [2.05, 4.69) is 15.3 Å². The van der Waals surface area contributed by atoms with Crippen LogP contribution in [-0.2, 0) is 11.3 Å². The molecular weight excluding hydrogens is 296 g/mol. The minimum absolute atomic E-state index is 0.0574. The van der Waals surface area contributed by atoms with Crippen LogP contribution in [0, 0.1) is 5.92 Å². The highest BCUT2D eigenvalue weighted by molar-refractivity contribution is 5.92. The molecule has 23 heavy (non-hydrogen) atoms. The van der Waals surface area contributed by atoms with E-state index in [9.17, 15) is 9.59 Å². The third-order valence-corrected chi connectivity index (χ3v) is 3.88. The van der Waals surface area contributed by atoms with Gasteiger partial charge in [-0.2, -0.15) is 0 Å². The van der Waals surface area contributed by atoms with Crippen molar-refractivity contribution in [3.8, 4) is 0 Å². The fraction of sp³-hybridized carbons (Fsp3) is 0.375. The van der Waals surface area contributed by atoms with Gasteiger partial charge in [-0.3, -0.25) is 14.6 Å². The second-order valence-corrected chi connectivity index (χ2v) is 5.48. The summed E-state index contributed by atoms with van der Waals surface area (Å²) in [4.78, 5) is 34.3. The number of aromatic nitrogens is 2. The Labute approximate surface area is 133 Å². The van der Waals surface area contributed by atoms with Gasteiger partial charge in [-0.15, -0.1) is 0 Å². The third-order valence-electron chi connectivity index (χ3n) is 3.88. The lowest BCUT2D eigenvalue weighted by Crippen LogP contribution is -2.45. The van der Waals surface area contributed by atoms with Crippen molar-refractivity contribution in [3.63, 3.8) is 0 Å². The van der Waals surface area contributed by atoms with E-state index in [4.69, 9.17) is 4.42 Å². The average molecular weight is 314 g/mol. The van der Waals surface area contributed by atoms with Gasteiger partial charge in [0.25, 0.3) is 5.91 Å². The molecule has 0 bridgehead atoms. The Kier molecular flexibility index (Phi) is 4.65. The molecule has 3 rings (SSSR count). The molecule has 1 atom stereocenters. The number of nitrogens with zero attached hydrogens (tertiary/aromatic N) is 3. The van der Waals surface area contributed by atoms with E-state index in [1.807, 2.05) is 6.07 Å². The van der Waals surface area contributed by atoms with Crippen LogP contribution in [0.25, 0.3) is 0 Å². The monoisotopic (exact) mass is 314 g/mol. The van der Waals surface area contributed by atoms with Crippen LogP contribution < -0.4 is 5.32 Å². The molecule has 1 N–H and O–H groups in total. The zero-order chi connectivity index (χ0) is 16.1. The fourth-order valence-electron chi connectivity index (χ4n) is 2.68. The summed E-state index contributed by atoms with van der Waals surface area (Å²) >= 11 is 0. The van der Waals surface area contributed by atoms with Gasteiger partial charge >= 0.3 is 0 Å². The van der Waals surface area contributed by atoms with Crippen LogP contribution >= 0.6 is 0 Å². The van der Waals surface area contributed by atoms with Crippen LogP contribution in [0.3, 0.4) is 0 Å². The maximum absolute atomic E-state index is 12.4. The molecule has 7 heteroatoms. The quantitative estimate of drug-likeness (QED) is 0.917. The summed E-state index contributed by atoms with van der Waals surface area (Å²) in [5.41, 5.74) is 0.309. The van der Waals surface area contributed by atoms with Gasteiger partial charge in [0.15, 0.2) is 0 Å². The van der Waals surface area contributed by atoms with Gasteiger partial charge in [0.1, 0.15) is 11.5 Å². The van der Waals surface area contributed by atoms with Crippen molar-refractivity contribution in [3.05, 3.63) is 48.4 Å². The van der Waals surface area contributed by atoms with E-state index in [0.717, 1.165) is 12.8 Å². The molecule has 2 aromatic rings. The first kappa shape index (κ1) is 15.2. The number of nitrogens with one attached hydrogen (secondary N) is 1. The van der Waals surface area contributed by atoms with E-state index in [-0.39, 0.29) is 17.7 Å². The topological polar surface area (TPSA) is 88.3 Å². The Morgan fingerprint density at radius 3 is 3.04 bits per heavy atom. The Balaban J connectivity index is 1.57. The Morgan fingerprint density at radius 2 is 2.30 bits per heavy atom. The number of amides is 2. The highest BCUT2D eigenvalue weighted by Gasteiger charge is 2.29. The van der Waals surface area contributed by atoms with E-state index in [0.29, 0.717) is 31.1 Å². The summed E-state index contributed by atoms with van der Waals surface area (Å²) in [7, 11) is 0. The lowest BCUT2D eigenvalue weighted by molar-refractivity contribution is -0.126. The summed E-state index contributed by atoms with van der Waals surface area (Å²) in [5, 5.41) is 2.86. The van der Waals surface area contributed by atoms with Crippen LogP contribution in [0.1, 0.15) is 29.1 Å². The van der Waals surface area contributed by atoms with Crippen molar-refractivity contribution >= 4 is 11.8 Å². The molecule has 3 heterocycles. The second kappa shape index (κ2) is 7.04. The normalized spacial score (nSPS) is 17.7. The molecule has 1 fully saturated rings. The number of piperidine rings is 1. The molecule has 0 saturated carbocycles. The van der Waals surface area contributed by atoms with Crippen LogP contribution in [0.5, 0.6) is 0 Å². The van der Waals surface area contributed by atoms with Gasteiger partial charge in [0.05, 0.1) is 24.9 Å². The van der Waals surface area contributed by atoms with E-state index < -0.39 is 0 Å². The van der Waals surface area contributed by atoms with E-state index in [1.54, 1.807) is 17.2 Å². The Hall–Kier alpha value is -2.70. The zero-order valence-corrected chi connectivity index (χ0v) is 12.6. The van der Waals surface area contributed by atoms with E-state index in [1.165, 1.54) is 18.6 Å².